The first kappa shape index (κ1) is 18.5. The van der Waals surface area contributed by atoms with E-state index in [0.717, 1.165) is 5.56 Å². The van der Waals surface area contributed by atoms with Crippen molar-refractivity contribution in [3.8, 4) is 10.6 Å². The Labute approximate surface area is 159 Å². The Morgan fingerprint density at radius 2 is 1.56 bits per heavy atom. The van der Waals surface area contributed by atoms with Crippen LogP contribution < -0.4 is 16.0 Å². The molecule has 1 aromatic heterocycles. The molecule has 0 unspecified atom stereocenters. The second-order valence-electron chi connectivity index (χ2n) is 5.68. The fourth-order valence-electron chi connectivity index (χ4n) is 2.34. The van der Waals surface area contributed by atoms with Gasteiger partial charge in [-0.15, -0.1) is 11.3 Å². The number of benzene rings is 2. The molecule has 0 atom stereocenters. The molecule has 8 heteroatoms. The molecule has 0 aliphatic rings. The molecule has 3 rings (SSSR count). The number of aromatic nitrogens is 1. The lowest BCUT2D eigenvalue weighted by Crippen LogP contribution is -2.24. The average molecular weight is 384 g/mol. The van der Waals surface area contributed by atoms with E-state index in [2.05, 4.69) is 20.9 Å². The van der Waals surface area contributed by atoms with E-state index >= 15 is 0 Å². The van der Waals surface area contributed by atoms with Crippen LogP contribution >= 0.6 is 11.3 Å². The zero-order valence-electron chi connectivity index (χ0n) is 14.7. The number of hydrogen-bond acceptors (Lipinski definition) is 4. The lowest BCUT2D eigenvalue weighted by Gasteiger charge is -2.07. The third-order valence-corrected chi connectivity index (χ3v) is 4.93. The second-order valence-corrected chi connectivity index (χ2v) is 6.68. The Hall–Kier alpha value is -3.26. The summed E-state index contributed by atoms with van der Waals surface area (Å²) in [6, 6.07) is 12.4. The number of anilines is 2. The molecule has 0 saturated heterocycles. The topological polar surface area (TPSA) is 83.1 Å². The number of aryl methyl sites for hydroxylation is 1. The van der Waals surface area contributed by atoms with Gasteiger partial charge in [0, 0.05) is 24.0 Å². The summed E-state index contributed by atoms with van der Waals surface area (Å²) in [6.45, 7) is 1.76. The first-order valence-electron chi connectivity index (χ1n) is 8.10. The third kappa shape index (κ3) is 4.48. The molecule has 1 heterocycles. The molecule has 0 bridgehead atoms. The van der Waals surface area contributed by atoms with E-state index in [1.165, 1.54) is 30.5 Å². The largest absolute Gasteiger partial charge is 0.341 e. The van der Waals surface area contributed by atoms with Gasteiger partial charge in [-0.05, 0) is 55.5 Å². The molecule has 2 aromatic carbocycles. The number of nitrogens with zero attached hydrogens (tertiary/aromatic N) is 1. The predicted molar refractivity (Wildman–Crippen MR) is 105 cm³/mol. The van der Waals surface area contributed by atoms with Crippen LogP contribution in [0, 0.1) is 12.7 Å². The Kier molecular flexibility index (Phi) is 5.46. The van der Waals surface area contributed by atoms with Gasteiger partial charge in [0.2, 0.25) is 0 Å². The van der Waals surface area contributed by atoms with Gasteiger partial charge in [-0.25, -0.2) is 14.2 Å². The maximum atomic E-state index is 13.1. The molecule has 3 N–H and O–H groups in total. The maximum absolute atomic E-state index is 13.1. The highest BCUT2D eigenvalue weighted by Crippen LogP contribution is 2.28. The molecule has 0 aliphatic heterocycles. The summed E-state index contributed by atoms with van der Waals surface area (Å²) < 4.78 is 13.1. The number of carbonyl (C=O) groups excluding carboxylic acids is 2. The maximum Gasteiger partial charge on any atom is 0.318 e. The van der Waals surface area contributed by atoms with E-state index in [-0.39, 0.29) is 17.8 Å². The summed E-state index contributed by atoms with van der Waals surface area (Å²) in [5, 5.41) is 8.57. The molecule has 138 valence electrons. The average Bonchev–Trinajstić information content (AvgIpc) is 3.05. The van der Waals surface area contributed by atoms with Gasteiger partial charge in [0.25, 0.3) is 5.91 Å². The number of rotatable bonds is 4. The Balaban J connectivity index is 1.73. The van der Waals surface area contributed by atoms with Crippen molar-refractivity contribution in [3.05, 3.63) is 64.9 Å². The van der Waals surface area contributed by atoms with Gasteiger partial charge >= 0.3 is 6.03 Å². The third-order valence-electron chi connectivity index (χ3n) is 3.72. The highest BCUT2D eigenvalue weighted by atomic mass is 32.1. The van der Waals surface area contributed by atoms with Gasteiger partial charge in [-0.1, -0.05) is 0 Å². The molecular weight excluding hydrogens is 367 g/mol. The summed E-state index contributed by atoms with van der Waals surface area (Å²) >= 11 is 1.25. The summed E-state index contributed by atoms with van der Waals surface area (Å²) in [7, 11) is 1.53. The fourth-order valence-corrected chi connectivity index (χ4v) is 3.31. The molecule has 0 saturated carbocycles. The van der Waals surface area contributed by atoms with Crippen molar-refractivity contribution < 1.29 is 14.0 Å². The van der Waals surface area contributed by atoms with Crippen LogP contribution in [0.25, 0.3) is 10.6 Å². The molecule has 6 nitrogen and oxygen atoms in total. The van der Waals surface area contributed by atoms with Crippen molar-refractivity contribution in [1.82, 2.24) is 10.3 Å². The highest BCUT2D eigenvalue weighted by molar-refractivity contribution is 7.17. The zero-order valence-corrected chi connectivity index (χ0v) is 15.5. The second kappa shape index (κ2) is 7.96. The predicted octanol–water partition coefficient (Wildman–Crippen LogP) is 4.26. The van der Waals surface area contributed by atoms with Crippen LogP contribution in [0.1, 0.15) is 15.4 Å². The summed E-state index contributed by atoms with van der Waals surface area (Å²) in [5.74, 6) is -0.593. The lowest BCUT2D eigenvalue weighted by molar-refractivity contribution is 0.103. The summed E-state index contributed by atoms with van der Waals surface area (Å²) in [5.41, 5.74) is 2.57. The highest BCUT2D eigenvalue weighted by Gasteiger charge is 2.16. The zero-order chi connectivity index (χ0) is 19.4. The number of nitrogens with one attached hydrogen (secondary N) is 3. The molecule has 3 amide bonds. The smallest absolute Gasteiger partial charge is 0.318 e. The van der Waals surface area contributed by atoms with Gasteiger partial charge < -0.3 is 16.0 Å². The van der Waals surface area contributed by atoms with Crippen LogP contribution in [0.3, 0.4) is 0 Å². The van der Waals surface area contributed by atoms with Crippen molar-refractivity contribution in [2.24, 2.45) is 0 Å². The van der Waals surface area contributed by atoms with E-state index in [1.807, 2.05) is 0 Å². The first-order valence-corrected chi connectivity index (χ1v) is 8.91. The normalized spacial score (nSPS) is 10.3. The lowest BCUT2D eigenvalue weighted by atomic mass is 10.2. The van der Waals surface area contributed by atoms with Crippen LogP contribution in [0.2, 0.25) is 0 Å². The Morgan fingerprint density at radius 3 is 2.15 bits per heavy atom. The minimum absolute atomic E-state index is 0.273. The van der Waals surface area contributed by atoms with Gasteiger partial charge in [0.1, 0.15) is 15.7 Å². The van der Waals surface area contributed by atoms with Gasteiger partial charge in [0.05, 0.1) is 5.69 Å². The minimum Gasteiger partial charge on any atom is -0.341 e. The standard InChI is InChI=1S/C19H17FN4O2S/c1-11-16(27-18(22-11)12-3-5-13(20)6-4-12)17(25)23-14-7-9-15(10-8-14)24-19(26)21-2/h3-10H,1-2H3,(H,23,25)(H2,21,24,26). The van der Waals surface area contributed by atoms with E-state index in [0.29, 0.717) is 27.0 Å². The molecule has 27 heavy (non-hydrogen) atoms. The van der Waals surface area contributed by atoms with Crippen LogP contribution in [0.4, 0.5) is 20.6 Å². The quantitative estimate of drug-likeness (QED) is 0.628. The van der Waals surface area contributed by atoms with Crippen LogP contribution in [0.15, 0.2) is 48.5 Å². The fraction of sp³-hybridized carbons (Fsp3) is 0.105. The van der Waals surface area contributed by atoms with E-state index in [4.69, 9.17) is 0 Å². The Morgan fingerprint density at radius 1 is 0.963 bits per heavy atom. The molecule has 3 aromatic rings. The van der Waals surface area contributed by atoms with E-state index in [9.17, 15) is 14.0 Å². The van der Waals surface area contributed by atoms with Crippen molar-refractivity contribution in [2.75, 3.05) is 17.7 Å². The molecule has 0 radical (unpaired) electrons. The monoisotopic (exact) mass is 384 g/mol. The van der Waals surface area contributed by atoms with Gasteiger partial charge in [0.15, 0.2) is 0 Å². The molecular formula is C19H17FN4O2S. The SMILES string of the molecule is CNC(=O)Nc1ccc(NC(=O)c2sc(-c3ccc(F)cc3)nc2C)cc1. The number of amides is 3. The van der Waals surface area contributed by atoms with Crippen LogP contribution in [0.5, 0.6) is 0 Å². The molecule has 0 fully saturated rings. The number of halogens is 1. The van der Waals surface area contributed by atoms with Crippen LogP contribution in [-0.2, 0) is 0 Å². The number of thiazole rings is 1. The summed E-state index contributed by atoms with van der Waals surface area (Å²) in [4.78, 5) is 28.7. The Bertz CT molecular complexity index is 968. The van der Waals surface area contributed by atoms with E-state index in [1.54, 1.807) is 43.3 Å². The van der Waals surface area contributed by atoms with Crippen molar-refractivity contribution in [3.63, 3.8) is 0 Å². The van der Waals surface area contributed by atoms with Crippen molar-refractivity contribution in [1.29, 1.82) is 0 Å². The minimum atomic E-state index is -0.320. The van der Waals surface area contributed by atoms with Crippen molar-refractivity contribution >= 4 is 34.6 Å². The van der Waals surface area contributed by atoms with Crippen LogP contribution in [-0.4, -0.2) is 24.0 Å². The number of hydrogen-bond donors (Lipinski definition) is 3. The number of urea groups is 1. The van der Waals surface area contributed by atoms with Gasteiger partial charge in [-0.3, -0.25) is 4.79 Å². The first-order chi connectivity index (χ1) is 13.0. The molecule has 0 aliphatic carbocycles. The van der Waals surface area contributed by atoms with Crippen molar-refractivity contribution in [2.45, 2.75) is 6.92 Å². The van der Waals surface area contributed by atoms with E-state index < -0.39 is 0 Å². The summed E-state index contributed by atoms with van der Waals surface area (Å²) in [6.07, 6.45) is 0. The number of carbonyl (C=O) groups is 2. The molecule has 0 spiro atoms. The van der Waals surface area contributed by atoms with Gasteiger partial charge in [-0.2, -0.15) is 0 Å².